The Balaban J connectivity index is 0.000000190. The fourth-order valence-electron chi connectivity index (χ4n) is 8.15. The average Bonchev–Trinajstić information content (AvgIpc) is 3.86. The summed E-state index contributed by atoms with van der Waals surface area (Å²) < 4.78 is 73.9. The van der Waals surface area contributed by atoms with Crippen molar-refractivity contribution in [1.82, 2.24) is 0 Å². The summed E-state index contributed by atoms with van der Waals surface area (Å²) >= 11 is 1.30. The summed E-state index contributed by atoms with van der Waals surface area (Å²) in [4.78, 5) is 0. The SMILES string of the molecule is CC1=[C-]C(C)(C)c2cc3c(cc21)-c1cc2c(cc1C3)C(C)(C)C=C2C.CCC1=[C-]C(C)C=C1C(C)(C)C.FC(F)(F)c1c[c-]ccc1.FC(F)(F)c1c[c-]ccc1.[CH2]=[Zr]. The molecule has 0 spiro atoms. The van der Waals surface area contributed by atoms with Gasteiger partial charge in [-0.15, -0.1) is 11.6 Å². The van der Waals surface area contributed by atoms with Crippen LogP contribution in [-0.2, 0) is 53.8 Å². The number of benzene rings is 4. The Labute approximate surface area is 363 Å². The zero-order chi connectivity index (χ0) is 44.3. The normalized spacial score (nSPS) is 17.5. The van der Waals surface area contributed by atoms with Gasteiger partial charge < -0.3 is 0 Å². The summed E-state index contributed by atoms with van der Waals surface area (Å²) in [6.45, 7) is 24.9. The molecule has 4 aromatic rings. The van der Waals surface area contributed by atoms with Crippen molar-refractivity contribution in [1.29, 1.82) is 0 Å². The molecule has 59 heavy (non-hydrogen) atoms. The van der Waals surface area contributed by atoms with Gasteiger partial charge in [0.1, 0.15) is 0 Å². The van der Waals surface area contributed by atoms with E-state index >= 15 is 0 Å². The summed E-state index contributed by atoms with van der Waals surface area (Å²) in [7, 11) is 0. The number of alkyl halides is 6. The first kappa shape index (κ1) is 47.8. The van der Waals surface area contributed by atoms with Crippen molar-refractivity contribution in [2.75, 3.05) is 0 Å². The number of fused-ring (bicyclic) bond motifs is 5. The Morgan fingerprint density at radius 1 is 0.746 bits per heavy atom. The van der Waals surface area contributed by atoms with Crippen LogP contribution in [0.15, 0.2) is 96.1 Å². The summed E-state index contributed by atoms with van der Waals surface area (Å²) in [5, 5.41) is 0. The van der Waals surface area contributed by atoms with E-state index in [2.05, 4.69) is 141 Å². The van der Waals surface area contributed by atoms with Crippen LogP contribution in [0.5, 0.6) is 0 Å². The van der Waals surface area contributed by atoms with Crippen LogP contribution in [0.3, 0.4) is 0 Å². The maximum absolute atomic E-state index is 11.8. The second-order valence-corrected chi connectivity index (χ2v) is 17.4. The van der Waals surface area contributed by atoms with Gasteiger partial charge in [-0.3, -0.25) is 12.2 Å². The van der Waals surface area contributed by atoms with Gasteiger partial charge in [-0.05, 0) is 58.4 Å². The monoisotopic (exact) mass is 882 g/mol. The zero-order valence-electron chi connectivity index (χ0n) is 36.0. The van der Waals surface area contributed by atoms with E-state index < -0.39 is 23.5 Å². The van der Waals surface area contributed by atoms with Gasteiger partial charge >= 0.3 is 40.8 Å². The Morgan fingerprint density at radius 3 is 1.64 bits per heavy atom. The quantitative estimate of drug-likeness (QED) is 0.116. The van der Waals surface area contributed by atoms with Gasteiger partial charge in [-0.2, -0.15) is 104 Å². The zero-order valence-corrected chi connectivity index (χ0v) is 38.5. The first-order valence-electron chi connectivity index (χ1n) is 19.8. The van der Waals surface area contributed by atoms with Crippen LogP contribution in [0.1, 0.15) is 127 Å². The van der Waals surface area contributed by atoms with Crippen LogP contribution in [0.25, 0.3) is 22.3 Å². The Morgan fingerprint density at radius 2 is 1.24 bits per heavy atom. The van der Waals surface area contributed by atoms with E-state index in [1.165, 1.54) is 115 Å². The molecule has 8 rings (SSSR count). The molecule has 0 amide bonds. The summed E-state index contributed by atoms with van der Waals surface area (Å²) in [6.07, 6.45) is 5.61. The fraction of sp³-hybridized carbons (Fsp3) is 0.365. The third kappa shape index (κ3) is 11.3. The van der Waals surface area contributed by atoms with Crippen molar-refractivity contribution in [2.45, 2.75) is 112 Å². The topological polar surface area (TPSA) is 0 Å². The van der Waals surface area contributed by atoms with E-state index in [0.717, 1.165) is 37.1 Å². The van der Waals surface area contributed by atoms with E-state index in [9.17, 15) is 26.3 Å². The second kappa shape index (κ2) is 18.4. The van der Waals surface area contributed by atoms with Crippen LogP contribution >= 0.6 is 0 Å². The molecular weight excluding hydrogens is 830 g/mol. The van der Waals surface area contributed by atoms with E-state index in [-0.39, 0.29) is 10.8 Å². The van der Waals surface area contributed by atoms with Gasteiger partial charge in [-0.1, -0.05) is 122 Å². The van der Waals surface area contributed by atoms with Crippen molar-refractivity contribution < 1.29 is 50.6 Å². The van der Waals surface area contributed by atoms with Crippen molar-refractivity contribution in [3.05, 3.63) is 165 Å². The molecule has 312 valence electrons. The summed E-state index contributed by atoms with van der Waals surface area (Å²) in [5.41, 5.74) is 16.5. The number of hydrogen-bond acceptors (Lipinski definition) is 0. The van der Waals surface area contributed by atoms with Crippen LogP contribution in [0.2, 0.25) is 0 Å². The molecule has 7 heteroatoms. The number of rotatable bonds is 1. The molecule has 0 bridgehead atoms. The molecule has 0 heterocycles. The van der Waals surface area contributed by atoms with Gasteiger partial charge in [-0.25, -0.2) is 11.1 Å². The minimum absolute atomic E-state index is 0.0340. The minimum atomic E-state index is -4.24. The van der Waals surface area contributed by atoms with E-state index in [1.54, 1.807) is 0 Å². The van der Waals surface area contributed by atoms with E-state index in [1.807, 2.05) is 0 Å². The van der Waals surface area contributed by atoms with Crippen molar-refractivity contribution in [3.8, 4) is 11.1 Å². The second-order valence-electron chi connectivity index (χ2n) is 17.4. The first-order valence-corrected chi connectivity index (χ1v) is 21.5. The molecule has 1 unspecified atom stereocenters. The molecule has 0 nitrogen and oxygen atoms in total. The van der Waals surface area contributed by atoms with Crippen LogP contribution < -0.4 is 0 Å². The standard InChI is InChI=1S/C25H25.C12H19.2C7H4F3.CH2.Zr/c1-14-12-24(3,4)22-8-16-7-17-9-23-19(15(2)13-25(23,5)6)11-21(17)20(16)10-18(14)22;1-6-10-7-9(2)8-11(10)12(3,4)5;2*8-7(9,10)6-4-2-1-3-5-6;;/h8-12H,7H2,1-6H3;8-9H,6H2,1-5H3;2*1-2,4-5H;1H2;/q4*-1;;. The molecule has 0 saturated heterocycles. The van der Waals surface area contributed by atoms with Crippen LogP contribution in [-0.4, -0.2) is 4.21 Å². The Kier molecular flexibility index (Phi) is 14.9. The molecule has 0 N–H and O–H groups in total. The van der Waals surface area contributed by atoms with Gasteiger partial charge in [0, 0.05) is 5.41 Å². The van der Waals surface area contributed by atoms with Gasteiger partial charge in [0.05, 0.1) is 0 Å². The van der Waals surface area contributed by atoms with Gasteiger partial charge in [0.15, 0.2) is 0 Å². The molecule has 0 radical (unpaired) electrons. The number of allylic oxidation sites excluding steroid dienone is 8. The number of halogens is 6. The molecular formula is C52H54F6Zr-4. The van der Waals surface area contributed by atoms with Gasteiger partial charge in [0.25, 0.3) is 0 Å². The van der Waals surface area contributed by atoms with E-state index in [0.29, 0.717) is 11.3 Å². The average molecular weight is 884 g/mol. The molecule has 4 aromatic carbocycles. The van der Waals surface area contributed by atoms with Crippen LogP contribution in [0.4, 0.5) is 26.3 Å². The Bertz CT molecular complexity index is 2110. The maximum atomic E-state index is 11.8. The molecule has 0 aliphatic heterocycles. The van der Waals surface area contributed by atoms with Crippen molar-refractivity contribution >= 4 is 15.4 Å². The Hall–Kier alpha value is -3.83. The van der Waals surface area contributed by atoms with Crippen molar-refractivity contribution in [2.24, 2.45) is 11.3 Å². The molecule has 0 saturated carbocycles. The number of hydrogen-bond donors (Lipinski definition) is 0. The molecule has 0 aromatic heterocycles. The summed E-state index contributed by atoms with van der Waals surface area (Å²) in [5.74, 6) is 0.522. The molecule has 4 aliphatic carbocycles. The predicted molar refractivity (Wildman–Crippen MR) is 228 cm³/mol. The predicted octanol–water partition coefficient (Wildman–Crippen LogP) is 15.2. The van der Waals surface area contributed by atoms with Crippen LogP contribution in [0, 0.1) is 35.6 Å². The molecule has 1 atom stereocenters. The first-order chi connectivity index (χ1) is 27.3. The van der Waals surface area contributed by atoms with Gasteiger partial charge in [0.2, 0.25) is 0 Å². The molecule has 4 aliphatic rings. The van der Waals surface area contributed by atoms with Crippen molar-refractivity contribution in [3.63, 3.8) is 0 Å². The van der Waals surface area contributed by atoms with E-state index in [4.69, 9.17) is 0 Å². The third-order valence-corrected chi connectivity index (χ3v) is 10.8. The molecule has 0 fully saturated rings. The fourth-order valence-corrected chi connectivity index (χ4v) is 8.15. The summed E-state index contributed by atoms with van der Waals surface area (Å²) in [6, 6.07) is 23.8. The third-order valence-electron chi connectivity index (χ3n) is 10.8.